The summed E-state index contributed by atoms with van der Waals surface area (Å²) in [7, 11) is 0. The molecule has 15 heavy (non-hydrogen) atoms. The van der Waals surface area contributed by atoms with Crippen molar-refractivity contribution in [2.75, 3.05) is 0 Å². The van der Waals surface area contributed by atoms with Gasteiger partial charge in [-0.1, -0.05) is 11.6 Å². The summed E-state index contributed by atoms with van der Waals surface area (Å²) < 4.78 is 4.45. The minimum atomic E-state index is -0.458. The van der Waals surface area contributed by atoms with Crippen LogP contribution in [-0.4, -0.2) is 17.2 Å². The minimum Gasteiger partial charge on any atom is -0.392 e. The molecule has 1 aromatic rings. The van der Waals surface area contributed by atoms with E-state index in [1.165, 1.54) is 11.8 Å². The molecule has 1 atom stereocenters. The van der Waals surface area contributed by atoms with Crippen molar-refractivity contribution >= 4 is 35.3 Å². The third-order valence-corrected chi connectivity index (χ3v) is 3.36. The van der Waals surface area contributed by atoms with Gasteiger partial charge >= 0.3 is 11.9 Å². The number of carbonyl (C=O) groups excluding carboxylic acids is 2. The molecule has 0 N–H and O–H groups in total. The highest BCUT2D eigenvalue weighted by Gasteiger charge is 2.34. The Balaban J connectivity index is 2.06. The highest BCUT2D eigenvalue weighted by atomic mass is 35.5. The fourth-order valence-corrected chi connectivity index (χ4v) is 2.33. The fourth-order valence-electron chi connectivity index (χ4n) is 1.22. The van der Waals surface area contributed by atoms with Crippen LogP contribution in [0.5, 0.6) is 0 Å². The van der Waals surface area contributed by atoms with Gasteiger partial charge in [-0.25, -0.2) is 0 Å². The van der Waals surface area contributed by atoms with E-state index in [4.69, 9.17) is 11.6 Å². The van der Waals surface area contributed by atoms with Gasteiger partial charge in [0.15, 0.2) is 0 Å². The number of hydrogen-bond donors (Lipinski definition) is 0. The van der Waals surface area contributed by atoms with E-state index in [2.05, 4.69) is 4.74 Å². The molecule has 1 aliphatic heterocycles. The average Bonchev–Trinajstić information content (AvgIpc) is 2.49. The van der Waals surface area contributed by atoms with Crippen molar-refractivity contribution in [3.63, 3.8) is 0 Å². The first-order valence-corrected chi connectivity index (χ1v) is 5.57. The van der Waals surface area contributed by atoms with Crippen molar-refractivity contribution in [3.05, 3.63) is 29.3 Å². The topological polar surface area (TPSA) is 43.4 Å². The second-order valence-corrected chi connectivity index (χ2v) is 4.77. The Hall–Kier alpha value is -1.00. The van der Waals surface area contributed by atoms with Gasteiger partial charge in [0, 0.05) is 9.92 Å². The SMILES string of the molecule is O=C1CC(Sc2ccc(Cl)cc2)C(=O)O1. The van der Waals surface area contributed by atoms with Gasteiger partial charge in [-0.15, -0.1) is 11.8 Å². The summed E-state index contributed by atoms with van der Waals surface area (Å²) >= 11 is 7.04. The largest absolute Gasteiger partial charge is 0.392 e. The first kappa shape index (κ1) is 10.5. The molecule has 0 bridgehead atoms. The Morgan fingerprint density at radius 2 is 1.93 bits per heavy atom. The summed E-state index contributed by atoms with van der Waals surface area (Å²) in [5.74, 6) is -0.911. The van der Waals surface area contributed by atoms with Crippen molar-refractivity contribution < 1.29 is 14.3 Å². The highest BCUT2D eigenvalue weighted by Crippen LogP contribution is 2.30. The standard InChI is InChI=1S/C10H7ClO3S/c11-6-1-3-7(4-2-6)15-8-5-9(12)14-10(8)13/h1-4,8H,5H2. The maximum Gasteiger partial charge on any atom is 0.327 e. The van der Waals surface area contributed by atoms with Crippen LogP contribution >= 0.6 is 23.4 Å². The smallest absolute Gasteiger partial charge is 0.327 e. The molecule has 0 aliphatic carbocycles. The van der Waals surface area contributed by atoms with Crippen LogP contribution in [0.15, 0.2) is 29.2 Å². The molecule has 1 unspecified atom stereocenters. The van der Waals surface area contributed by atoms with E-state index in [0.717, 1.165) is 4.90 Å². The number of ether oxygens (including phenoxy) is 1. The lowest BCUT2D eigenvalue weighted by molar-refractivity contribution is -0.151. The Labute approximate surface area is 95.7 Å². The lowest BCUT2D eigenvalue weighted by atomic mass is 10.3. The molecule has 0 radical (unpaired) electrons. The van der Waals surface area contributed by atoms with E-state index in [1.54, 1.807) is 12.1 Å². The van der Waals surface area contributed by atoms with Gasteiger partial charge in [-0.2, -0.15) is 0 Å². The second kappa shape index (κ2) is 4.24. The average molecular weight is 243 g/mol. The van der Waals surface area contributed by atoms with Crippen LogP contribution in [-0.2, 0) is 14.3 Å². The van der Waals surface area contributed by atoms with Crippen LogP contribution in [0.1, 0.15) is 6.42 Å². The van der Waals surface area contributed by atoms with Crippen LogP contribution in [0.2, 0.25) is 5.02 Å². The Bertz CT molecular complexity index is 402. The number of esters is 2. The zero-order valence-electron chi connectivity index (χ0n) is 7.60. The molecule has 0 saturated carbocycles. The maximum atomic E-state index is 11.2. The van der Waals surface area contributed by atoms with Crippen molar-refractivity contribution in [2.45, 2.75) is 16.6 Å². The quantitative estimate of drug-likeness (QED) is 0.590. The minimum absolute atomic E-state index is 0.145. The Morgan fingerprint density at radius 3 is 2.47 bits per heavy atom. The van der Waals surface area contributed by atoms with E-state index in [-0.39, 0.29) is 6.42 Å². The van der Waals surface area contributed by atoms with Crippen molar-refractivity contribution in [2.24, 2.45) is 0 Å². The number of halogens is 1. The Morgan fingerprint density at radius 1 is 1.27 bits per heavy atom. The molecule has 1 heterocycles. The van der Waals surface area contributed by atoms with Gasteiger partial charge in [0.25, 0.3) is 0 Å². The van der Waals surface area contributed by atoms with Crippen LogP contribution in [0.25, 0.3) is 0 Å². The lowest BCUT2D eigenvalue weighted by Gasteiger charge is -2.03. The maximum absolute atomic E-state index is 11.2. The normalized spacial score (nSPS) is 20.5. The van der Waals surface area contributed by atoms with E-state index in [0.29, 0.717) is 5.02 Å². The lowest BCUT2D eigenvalue weighted by Crippen LogP contribution is -2.08. The number of thioether (sulfide) groups is 1. The fraction of sp³-hybridized carbons (Fsp3) is 0.200. The van der Waals surface area contributed by atoms with E-state index in [1.807, 2.05) is 12.1 Å². The van der Waals surface area contributed by atoms with Crippen LogP contribution in [0.4, 0.5) is 0 Å². The third-order valence-electron chi connectivity index (χ3n) is 1.92. The number of benzene rings is 1. The molecular formula is C10H7ClO3S. The molecule has 2 rings (SSSR count). The molecule has 1 aromatic carbocycles. The number of rotatable bonds is 2. The summed E-state index contributed by atoms with van der Waals surface area (Å²) in [6.45, 7) is 0. The van der Waals surface area contributed by atoms with Gasteiger partial charge in [0.1, 0.15) is 5.25 Å². The Kier molecular flexibility index (Phi) is 2.98. The van der Waals surface area contributed by atoms with Gasteiger partial charge in [0.05, 0.1) is 6.42 Å². The molecular weight excluding hydrogens is 236 g/mol. The zero-order chi connectivity index (χ0) is 10.8. The summed E-state index contributed by atoms with van der Waals surface area (Å²) in [5.41, 5.74) is 0. The molecule has 0 spiro atoms. The van der Waals surface area contributed by atoms with Crippen LogP contribution in [0, 0.1) is 0 Å². The van der Waals surface area contributed by atoms with E-state index < -0.39 is 17.2 Å². The number of hydrogen-bond acceptors (Lipinski definition) is 4. The van der Waals surface area contributed by atoms with Gasteiger partial charge < -0.3 is 4.74 Å². The summed E-state index contributed by atoms with van der Waals surface area (Å²) in [4.78, 5) is 22.9. The van der Waals surface area contributed by atoms with E-state index >= 15 is 0 Å². The second-order valence-electron chi connectivity index (χ2n) is 3.06. The first-order valence-electron chi connectivity index (χ1n) is 4.32. The molecule has 3 nitrogen and oxygen atoms in total. The monoisotopic (exact) mass is 242 g/mol. The van der Waals surface area contributed by atoms with Gasteiger partial charge in [0.2, 0.25) is 0 Å². The molecule has 0 aromatic heterocycles. The molecule has 1 aliphatic rings. The summed E-state index contributed by atoms with van der Waals surface area (Å²) in [6.07, 6.45) is 0.145. The molecule has 1 fully saturated rings. The summed E-state index contributed by atoms with van der Waals surface area (Å²) in [6, 6.07) is 7.10. The van der Waals surface area contributed by atoms with Crippen LogP contribution < -0.4 is 0 Å². The van der Waals surface area contributed by atoms with E-state index in [9.17, 15) is 9.59 Å². The number of cyclic esters (lactones) is 2. The molecule has 78 valence electrons. The molecule has 5 heteroatoms. The first-order chi connectivity index (χ1) is 7.15. The highest BCUT2D eigenvalue weighted by molar-refractivity contribution is 8.00. The molecule has 0 amide bonds. The van der Waals surface area contributed by atoms with Crippen LogP contribution in [0.3, 0.4) is 0 Å². The van der Waals surface area contributed by atoms with Crippen molar-refractivity contribution in [1.82, 2.24) is 0 Å². The molecule has 1 saturated heterocycles. The summed E-state index contributed by atoms with van der Waals surface area (Å²) in [5, 5.41) is 0.225. The predicted octanol–water partition coefficient (Wildman–Crippen LogP) is 2.27. The van der Waals surface area contributed by atoms with Gasteiger partial charge in [-0.3, -0.25) is 9.59 Å². The third kappa shape index (κ3) is 2.52. The van der Waals surface area contributed by atoms with Gasteiger partial charge in [-0.05, 0) is 24.3 Å². The zero-order valence-corrected chi connectivity index (χ0v) is 9.18. The predicted molar refractivity (Wildman–Crippen MR) is 56.8 cm³/mol. The van der Waals surface area contributed by atoms with Crippen molar-refractivity contribution in [3.8, 4) is 0 Å². The van der Waals surface area contributed by atoms with Crippen molar-refractivity contribution in [1.29, 1.82) is 0 Å². The number of carbonyl (C=O) groups is 2.